The van der Waals surface area contributed by atoms with Gasteiger partial charge < -0.3 is 14.5 Å². The molecule has 0 aliphatic heterocycles. The molecule has 0 saturated carbocycles. The molecule has 1 atom stereocenters. The lowest BCUT2D eigenvalue weighted by Gasteiger charge is -2.36. The lowest BCUT2D eigenvalue weighted by Crippen LogP contribution is -2.44. The quantitative estimate of drug-likeness (QED) is 0.464. The minimum absolute atomic E-state index is 0.0991. The number of ether oxygens (including phenoxy) is 1. The van der Waals surface area contributed by atoms with Crippen LogP contribution < -0.4 is 5.32 Å². The van der Waals surface area contributed by atoms with E-state index in [1.165, 1.54) is 7.11 Å². The summed E-state index contributed by atoms with van der Waals surface area (Å²) >= 11 is 0. The van der Waals surface area contributed by atoms with Crippen molar-refractivity contribution in [2.45, 2.75) is 51.4 Å². The predicted octanol–water partition coefficient (Wildman–Crippen LogP) is 2.98. The number of hydrogen-bond donors (Lipinski definition) is 1. The van der Waals surface area contributed by atoms with E-state index in [0.717, 1.165) is 0 Å². The Morgan fingerprint density at radius 3 is 2.30 bits per heavy atom. The van der Waals surface area contributed by atoms with Crippen LogP contribution in [0.3, 0.4) is 0 Å². The molecule has 0 heterocycles. The fourth-order valence-corrected chi connectivity index (χ4v) is 2.35. The number of rotatable bonds is 6. The molecule has 6 nitrogen and oxygen atoms in total. The molecule has 0 aliphatic carbocycles. The zero-order valence-electron chi connectivity index (χ0n) is 13.1. The first-order valence-corrected chi connectivity index (χ1v) is 9.80. The van der Waals surface area contributed by atoms with E-state index in [1.54, 1.807) is 0 Å². The summed E-state index contributed by atoms with van der Waals surface area (Å²) in [5, 5.41) is 2.55. The van der Waals surface area contributed by atoms with E-state index >= 15 is 0 Å². The maximum Gasteiger partial charge on any atom is 0.345 e. The second-order valence-corrected chi connectivity index (χ2v) is 11.1. The van der Waals surface area contributed by atoms with Gasteiger partial charge in [-0.15, -0.1) is 0 Å². The van der Waals surface area contributed by atoms with Gasteiger partial charge in [0.25, 0.3) is 0 Å². The van der Waals surface area contributed by atoms with Crippen molar-refractivity contribution < 1.29 is 18.8 Å². The molecule has 0 radical (unpaired) electrons. The molecule has 8 heteroatoms. The van der Waals surface area contributed by atoms with Crippen LogP contribution in [0.5, 0.6) is 0 Å². The Morgan fingerprint density at radius 1 is 1.35 bits per heavy atom. The van der Waals surface area contributed by atoms with Crippen molar-refractivity contribution >= 4 is 29.3 Å². The van der Waals surface area contributed by atoms with Crippen LogP contribution in [0.25, 0.3) is 0 Å². The molecule has 0 aromatic heterocycles. The highest BCUT2D eigenvalue weighted by Gasteiger charge is 2.37. The molecule has 0 aromatic carbocycles. The first-order chi connectivity index (χ1) is 9.05. The van der Waals surface area contributed by atoms with E-state index in [4.69, 9.17) is 4.43 Å². The van der Waals surface area contributed by atoms with Crippen LogP contribution in [0, 0.1) is 0 Å². The highest BCUT2D eigenvalue weighted by molar-refractivity contribution is 7.04. The van der Waals surface area contributed by atoms with Crippen molar-refractivity contribution in [2.75, 3.05) is 13.7 Å². The summed E-state index contributed by atoms with van der Waals surface area (Å²) in [4.78, 5) is 22.8. The predicted molar refractivity (Wildman–Crippen MR) is 82.8 cm³/mol. The maximum atomic E-state index is 11.6. The summed E-state index contributed by atoms with van der Waals surface area (Å²) in [6.07, 6.45) is 0.354. The molecule has 0 saturated heterocycles. The maximum absolute atomic E-state index is 11.6. The average Bonchev–Trinajstić information content (AvgIpc) is 2.34. The van der Waals surface area contributed by atoms with Crippen LogP contribution >= 0.6 is 9.03 Å². The molecule has 2 amide bonds. The van der Waals surface area contributed by atoms with Gasteiger partial charge in [-0.2, -0.15) is 4.74 Å². The van der Waals surface area contributed by atoms with E-state index in [9.17, 15) is 9.59 Å². The van der Waals surface area contributed by atoms with Gasteiger partial charge in [-0.3, -0.25) is 0 Å². The molecule has 0 fully saturated rings. The van der Waals surface area contributed by atoms with E-state index in [0.29, 0.717) is 13.0 Å². The van der Waals surface area contributed by atoms with Gasteiger partial charge in [-0.05, 0) is 27.2 Å². The zero-order valence-corrected chi connectivity index (χ0v) is 15.1. The van der Waals surface area contributed by atoms with Crippen molar-refractivity contribution in [3.63, 3.8) is 0 Å². The van der Waals surface area contributed by atoms with Gasteiger partial charge in [0.05, 0.1) is 7.11 Å². The minimum atomic E-state index is -1.86. The second-order valence-electron chi connectivity index (χ2n) is 6.03. The van der Waals surface area contributed by atoms with Gasteiger partial charge in [0.1, 0.15) is 6.04 Å². The van der Waals surface area contributed by atoms with Gasteiger partial charge in [-0.1, -0.05) is 20.8 Å². The molecular formula is C12H25N2O4PSi. The van der Waals surface area contributed by atoms with E-state index in [2.05, 4.69) is 57.7 Å². The Hall–Kier alpha value is -0.783. The van der Waals surface area contributed by atoms with Gasteiger partial charge >= 0.3 is 12.0 Å². The molecular weight excluding hydrogens is 295 g/mol. The van der Waals surface area contributed by atoms with Gasteiger partial charge in [0.15, 0.2) is 8.32 Å². The first-order valence-electron chi connectivity index (χ1n) is 6.45. The van der Waals surface area contributed by atoms with Crippen LogP contribution in [-0.4, -0.2) is 40.1 Å². The fraction of sp³-hybridized carbons (Fsp3) is 0.833. The third-order valence-corrected chi connectivity index (χ3v) is 8.30. The summed E-state index contributed by atoms with van der Waals surface area (Å²) in [6, 6.07) is -1.37. The van der Waals surface area contributed by atoms with Crippen molar-refractivity contribution in [3.05, 3.63) is 0 Å². The monoisotopic (exact) mass is 320 g/mol. The molecule has 20 heavy (non-hydrogen) atoms. The van der Waals surface area contributed by atoms with Crippen LogP contribution in [0.2, 0.25) is 18.1 Å². The SMILES string of the molecule is COC(=O)[C@H](CCO[Si](C)(C)C(C)(C)C)NC(=O)N=P. The third-order valence-electron chi connectivity index (χ3n) is 3.56. The number of methoxy groups -OCH3 is 1. The topological polar surface area (TPSA) is 77.0 Å². The van der Waals surface area contributed by atoms with Crippen LogP contribution in [-0.2, 0) is 14.0 Å². The highest BCUT2D eigenvalue weighted by atomic mass is 31.0. The van der Waals surface area contributed by atoms with E-state index in [1.807, 2.05) is 0 Å². The largest absolute Gasteiger partial charge is 0.467 e. The Balaban J connectivity index is 4.52. The number of nitrogens with zero attached hydrogens (tertiary/aromatic N) is 1. The van der Waals surface area contributed by atoms with Crippen molar-refractivity contribution in [1.82, 2.24) is 5.32 Å². The van der Waals surface area contributed by atoms with Crippen molar-refractivity contribution in [3.8, 4) is 0 Å². The number of esters is 1. The normalized spacial score (nSPS) is 13.5. The standard InChI is InChI=1S/C12H25N2O4PSi/c1-12(2,3)20(5,6)18-8-7-9(10(15)17-4)13-11(16)14-19/h9,19H,7-8H2,1-6H3,(H,13,16)/t9-/m0/s1. The summed E-state index contributed by atoms with van der Waals surface area (Å²) in [5.74, 6) is -0.507. The molecule has 116 valence electrons. The van der Waals surface area contributed by atoms with Crippen molar-refractivity contribution in [1.29, 1.82) is 0 Å². The van der Waals surface area contributed by atoms with Gasteiger partial charge in [-0.25, -0.2) is 9.59 Å². The Kier molecular flexibility index (Phi) is 7.55. The number of nitrogens with one attached hydrogen (secondary N) is 1. The van der Waals surface area contributed by atoms with Crippen LogP contribution in [0.1, 0.15) is 27.2 Å². The van der Waals surface area contributed by atoms with Gasteiger partial charge in [0.2, 0.25) is 0 Å². The Morgan fingerprint density at radius 2 is 1.90 bits per heavy atom. The van der Waals surface area contributed by atoms with Crippen molar-refractivity contribution in [2.24, 2.45) is 4.74 Å². The van der Waals surface area contributed by atoms with E-state index < -0.39 is 26.4 Å². The van der Waals surface area contributed by atoms with Crippen LogP contribution in [0.4, 0.5) is 4.79 Å². The fourth-order valence-electron chi connectivity index (χ4n) is 1.22. The lowest BCUT2D eigenvalue weighted by molar-refractivity contribution is -0.143. The second kappa shape index (κ2) is 7.86. The Bertz CT molecular complexity index is 369. The molecule has 0 unspecified atom stereocenters. The molecule has 0 aliphatic rings. The minimum Gasteiger partial charge on any atom is -0.467 e. The van der Waals surface area contributed by atoms with E-state index in [-0.39, 0.29) is 5.04 Å². The number of amides is 2. The third kappa shape index (κ3) is 6.11. The molecule has 0 spiro atoms. The zero-order chi connectivity index (χ0) is 16.0. The number of carbonyl (C=O) groups excluding carboxylic acids is 2. The molecule has 0 rings (SSSR count). The summed E-state index contributed by atoms with van der Waals surface area (Å²) in [5.41, 5.74) is 0. The number of urea groups is 1. The van der Waals surface area contributed by atoms with Crippen LogP contribution in [0.15, 0.2) is 4.74 Å². The lowest BCUT2D eigenvalue weighted by atomic mass is 10.2. The summed E-state index contributed by atoms with van der Waals surface area (Å²) in [7, 11) is 2.14. The first kappa shape index (κ1) is 19.2. The summed E-state index contributed by atoms with van der Waals surface area (Å²) in [6.45, 7) is 11.1. The average molecular weight is 320 g/mol. The number of carbonyl (C=O) groups is 2. The van der Waals surface area contributed by atoms with Gasteiger partial charge in [0, 0.05) is 13.0 Å². The Labute approximate surface area is 124 Å². The highest BCUT2D eigenvalue weighted by Crippen LogP contribution is 2.36. The molecule has 1 N–H and O–H groups in total. The smallest absolute Gasteiger partial charge is 0.345 e. The molecule has 0 bridgehead atoms. The number of hydrogen-bond acceptors (Lipinski definition) is 4. The molecule has 0 aromatic rings. The summed E-state index contributed by atoms with van der Waals surface area (Å²) < 4.78 is 13.9.